The fraction of sp³-hybridized carbons (Fsp3) is 0.368. The predicted molar refractivity (Wildman–Crippen MR) is 117 cm³/mol. The SMILES string of the molecule is CN=C(NCc1cccc(OC)n1)NCC(C)Oc1cccc(OC)c1.I. The number of nitrogens with one attached hydrogen (secondary N) is 2. The fourth-order valence-electron chi connectivity index (χ4n) is 2.25. The van der Waals surface area contributed by atoms with Crippen LogP contribution in [0.1, 0.15) is 12.6 Å². The minimum absolute atomic E-state index is 0. The first-order chi connectivity index (χ1) is 12.6. The molecule has 0 spiro atoms. The topological polar surface area (TPSA) is 77.0 Å². The molecule has 0 saturated heterocycles. The van der Waals surface area contributed by atoms with Gasteiger partial charge in [-0.2, -0.15) is 0 Å². The van der Waals surface area contributed by atoms with Crippen LogP contribution in [0.5, 0.6) is 17.4 Å². The normalized spacial score (nSPS) is 11.8. The highest BCUT2D eigenvalue weighted by Gasteiger charge is 2.07. The Labute approximate surface area is 177 Å². The van der Waals surface area contributed by atoms with E-state index in [9.17, 15) is 0 Å². The average molecular weight is 486 g/mol. The number of aromatic nitrogens is 1. The fourth-order valence-corrected chi connectivity index (χ4v) is 2.25. The van der Waals surface area contributed by atoms with E-state index in [-0.39, 0.29) is 30.1 Å². The lowest BCUT2D eigenvalue weighted by molar-refractivity contribution is 0.223. The van der Waals surface area contributed by atoms with Crippen molar-refractivity contribution in [1.82, 2.24) is 15.6 Å². The van der Waals surface area contributed by atoms with Crippen molar-refractivity contribution in [2.75, 3.05) is 27.8 Å². The van der Waals surface area contributed by atoms with Crippen molar-refractivity contribution < 1.29 is 14.2 Å². The van der Waals surface area contributed by atoms with Gasteiger partial charge >= 0.3 is 0 Å². The van der Waals surface area contributed by atoms with Crippen LogP contribution in [0.15, 0.2) is 47.5 Å². The second-order valence-electron chi connectivity index (χ2n) is 5.59. The van der Waals surface area contributed by atoms with Gasteiger partial charge in [-0.05, 0) is 25.1 Å². The molecule has 7 nitrogen and oxygen atoms in total. The minimum atomic E-state index is -0.0457. The van der Waals surface area contributed by atoms with Gasteiger partial charge in [-0.1, -0.05) is 12.1 Å². The molecule has 0 saturated carbocycles. The molecule has 2 N–H and O–H groups in total. The number of pyridine rings is 1. The van der Waals surface area contributed by atoms with Gasteiger partial charge in [0.15, 0.2) is 5.96 Å². The number of nitrogens with zero attached hydrogens (tertiary/aromatic N) is 2. The van der Waals surface area contributed by atoms with Gasteiger partial charge < -0.3 is 24.8 Å². The molecule has 0 aliphatic rings. The number of hydrogen-bond acceptors (Lipinski definition) is 5. The van der Waals surface area contributed by atoms with Crippen molar-refractivity contribution in [2.45, 2.75) is 19.6 Å². The Bertz CT molecular complexity index is 728. The van der Waals surface area contributed by atoms with E-state index in [1.54, 1.807) is 21.3 Å². The lowest BCUT2D eigenvalue weighted by Crippen LogP contribution is -2.41. The monoisotopic (exact) mass is 486 g/mol. The second kappa shape index (κ2) is 12.2. The number of ether oxygens (including phenoxy) is 3. The molecule has 1 aromatic carbocycles. The molecular weight excluding hydrogens is 459 g/mol. The van der Waals surface area contributed by atoms with Gasteiger partial charge in [-0.25, -0.2) is 4.98 Å². The molecule has 0 radical (unpaired) electrons. The summed E-state index contributed by atoms with van der Waals surface area (Å²) in [5.74, 6) is 2.80. The van der Waals surface area contributed by atoms with Crippen LogP contribution < -0.4 is 24.8 Å². The molecule has 0 bridgehead atoms. The van der Waals surface area contributed by atoms with Crippen LogP contribution >= 0.6 is 24.0 Å². The first kappa shape index (κ1) is 22.8. The maximum absolute atomic E-state index is 5.89. The molecule has 0 amide bonds. The van der Waals surface area contributed by atoms with Crippen molar-refractivity contribution in [2.24, 2.45) is 4.99 Å². The minimum Gasteiger partial charge on any atom is -0.497 e. The van der Waals surface area contributed by atoms with E-state index in [1.807, 2.05) is 49.4 Å². The van der Waals surface area contributed by atoms with E-state index >= 15 is 0 Å². The quantitative estimate of drug-likeness (QED) is 0.340. The molecule has 0 fully saturated rings. The maximum atomic E-state index is 5.89. The van der Waals surface area contributed by atoms with Crippen LogP contribution in [-0.4, -0.2) is 44.9 Å². The first-order valence-corrected chi connectivity index (χ1v) is 8.39. The summed E-state index contributed by atoms with van der Waals surface area (Å²) in [6, 6.07) is 13.2. The molecule has 1 heterocycles. The lowest BCUT2D eigenvalue weighted by Gasteiger charge is -2.18. The van der Waals surface area contributed by atoms with Gasteiger partial charge in [0, 0.05) is 19.2 Å². The largest absolute Gasteiger partial charge is 0.497 e. The zero-order valence-corrected chi connectivity index (χ0v) is 18.4. The third kappa shape index (κ3) is 7.90. The maximum Gasteiger partial charge on any atom is 0.213 e. The smallest absolute Gasteiger partial charge is 0.213 e. The van der Waals surface area contributed by atoms with Crippen LogP contribution in [0, 0.1) is 0 Å². The highest BCUT2D eigenvalue weighted by Crippen LogP contribution is 2.19. The highest BCUT2D eigenvalue weighted by atomic mass is 127. The summed E-state index contributed by atoms with van der Waals surface area (Å²) in [5.41, 5.74) is 0.868. The van der Waals surface area contributed by atoms with Gasteiger partial charge in [0.05, 0.1) is 33.0 Å². The second-order valence-corrected chi connectivity index (χ2v) is 5.59. The van der Waals surface area contributed by atoms with Gasteiger partial charge in [0.25, 0.3) is 0 Å². The number of halogens is 1. The first-order valence-electron chi connectivity index (χ1n) is 8.39. The van der Waals surface area contributed by atoms with E-state index in [0.29, 0.717) is 24.9 Å². The zero-order chi connectivity index (χ0) is 18.8. The Hall–Kier alpha value is -2.23. The number of rotatable bonds is 8. The average Bonchev–Trinajstić information content (AvgIpc) is 2.68. The van der Waals surface area contributed by atoms with Gasteiger partial charge in [-0.3, -0.25) is 4.99 Å². The van der Waals surface area contributed by atoms with E-state index in [0.717, 1.165) is 17.2 Å². The van der Waals surface area contributed by atoms with Crippen LogP contribution in [0.4, 0.5) is 0 Å². The van der Waals surface area contributed by atoms with Crippen molar-refractivity contribution in [3.05, 3.63) is 48.2 Å². The van der Waals surface area contributed by atoms with Crippen molar-refractivity contribution in [1.29, 1.82) is 0 Å². The third-order valence-electron chi connectivity index (χ3n) is 3.59. The van der Waals surface area contributed by atoms with Crippen molar-refractivity contribution in [3.8, 4) is 17.4 Å². The summed E-state index contributed by atoms with van der Waals surface area (Å²) in [5, 5.41) is 6.46. The van der Waals surface area contributed by atoms with E-state index in [4.69, 9.17) is 14.2 Å². The number of aliphatic imine (C=N–C) groups is 1. The number of benzene rings is 1. The van der Waals surface area contributed by atoms with E-state index in [2.05, 4.69) is 20.6 Å². The van der Waals surface area contributed by atoms with Crippen LogP contribution in [0.3, 0.4) is 0 Å². The Kier molecular flexibility index (Phi) is 10.3. The molecule has 0 aliphatic heterocycles. The number of guanidine groups is 1. The molecule has 2 rings (SSSR count). The van der Waals surface area contributed by atoms with Gasteiger partial charge in [0.2, 0.25) is 5.88 Å². The Morgan fingerprint density at radius 1 is 1.07 bits per heavy atom. The summed E-state index contributed by atoms with van der Waals surface area (Å²) in [6.07, 6.45) is -0.0457. The molecule has 1 atom stereocenters. The van der Waals surface area contributed by atoms with Crippen LogP contribution in [-0.2, 0) is 6.54 Å². The summed E-state index contributed by atoms with van der Waals surface area (Å²) in [6.45, 7) is 3.13. The van der Waals surface area contributed by atoms with Crippen molar-refractivity contribution in [3.63, 3.8) is 0 Å². The van der Waals surface area contributed by atoms with Gasteiger partial charge in [0.1, 0.15) is 17.6 Å². The van der Waals surface area contributed by atoms with Crippen LogP contribution in [0.25, 0.3) is 0 Å². The predicted octanol–water partition coefficient (Wildman–Crippen LogP) is 2.85. The Morgan fingerprint density at radius 2 is 1.81 bits per heavy atom. The molecule has 2 aromatic rings. The molecule has 0 aliphatic carbocycles. The van der Waals surface area contributed by atoms with Crippen molar-refractivity contribution >= 4 is 29.9 Å². The summed E-state index contributed by atoms with van der Waals surface area (Å²) < 4.78 is 16.2. The molecule has 1 aromatic heterocycles. The molecule has 8 heteroatoms. The standard InChI is InChI=1S/C19H26N4O3.HI/c1-14(26-17-9-6-8-16(11-17)24-3)12-21-19(20-2)22-13-15-7-5-10-18(23-15)25-4;/h5-11,14H,12-13H2,1-4H3,(H2,20,21,22);1H. The summed E-state index contributed by atoms with van der Waals surface area (Å²) >= 11 is 0. The molecular formula is C19H27IN4O3. The summed E-state index contributed by atoms with van der Waals surface area (Å²) in [4.78, 5) is 8.57. The molecule has 148 valence electrons. The van der Waals surface area contributed by atoms with Crippen LogP contribution in [0.2, 0.25) is 0 Å². The summed E-state index contributed by atoms with van der Waals surface area (Å²) in [7, 11) is 4.96. The number of methoxy groups -OCH3 is 2. The van der Waals surface area contributed by atoms with E-state index < -0.39 is 0 Å². The lowest BCUT2D eigenvalue weighted by atomic mass is 10.3. The molecule has 27 heavy (non-hydrogen) atoms. The Morgan fingerprint density at radius 3 is 2.52 bits per heavy atom. The highest BCUT2D eigenvalue weighted by molar-refractivity contribution is 14.0. The van der Waals surface area contributed by atoms with E-state index in [1.165, 1.54) is 0 Å². The van der Waals surface area contributed by atoms with Gasteiger partial charge in [-0.15, -0.1) is 24.0 Å². The Balaban J connectivity index is 0.00000364. The zero-order valence-electron chi connectivity index (χ0n) is 16.1. The third-order valence-corrected chi connectivity index (χ3v) is 3.59. The molecule has 1 unspecified atom stereocenters. The number of hydrogen-bond donors (Lipinski definition) is 2.